The monoisotopic (exact) mass is 460 g/mol. The highest BCUT2D eigenvalue weighted by Gasteiger charge is 2.11. The van der Waals surface area contributed by atoms with Gasteiger partial charge in [0.15, 0.2) is 0 Å². The summed E-state index contributed by atoms with van der Waals surface area (Å²) < 4.78 is 7.11. The molecule has 2 heterocycles. The van der Waals surface area contributed by atoms with Crippen LogP contribution < -0.4 is 20.9 Å². The molecular formula is C25H24N4O3S. The van der Waals surface area contributed by atoms with Crippen molar-refractivity contribution in [1.82, 2.24) is 9.38 Å². The van der Waals surface area contributed by atoms with E-state index >= 15 is 0 Å². The summed E-state index contributed by atoms with van der Waals surface area (Å²) in [6.45, 7) is 4.33. The van der Waals surface area contributed by atoms with E-state index in [9.17, 15) is 9.59 Å². The first-order valence-corrected chi connectivity index (χ1v) is 11.5. The molecule has 0 radical (unpaired) electrons. The summed E-state index contributed by atoms with van der Waals surface area (Å²) >= 11 is 1.50. The highest BCUT2D eigenvalue weighted by Crippen LogP contribution is 2.30. The Labute approximate surface area is 195 Å². The van der Waals surface area contributed by atoms with E-state index in [1.807, 2.05) is 68.4 Å². The van der Waals surface area contributed by atoms with Crippen LogP contribution in [0.3, 0.4) is 0 Å². The Morgan fingerprint density at radius 3 is 2.58 bits per heavy atom. The fourth-order valence-electron chi connectivity index (χ4n) is 3.31. The summed E-state index contributed by atoms with van der Waals surface area (Å²) in [5, 5.41) is 5.74. The third kappa shape index (κ3) is 5.53. The zero-order valence-corrected chi connectivity index (χ0v) is 19.2. The lowest BCUT2D eigenvalue weighted by molar-refractivity contribution is 0.262. The molecule has 2 N–H and O–H groups in total. The van der Waals surface area contributed by atoms with Crippen molar-refractivity contribution in [3.63, 3.8) is 0 Å². The molecule has 0 bridgehead atoms. The van der Waals surface area contributed by atoms with Crippen LogP contribution in [0.25, 0.3) is 5.65 Å². The minimum Gasteiger partial charge on any atom is -0.492 e. The van der Waals surface area contributed by atoms with Gasteiger partial charge in [-0.1, -0.05) is 30.3 Å². The molecule has 0 saturated heterocycles. The third-order valence-corrected chi connectivity index (χ3v) is 5.91. The van der Waals surface area contributed by atoms with Crippen molar-refractivity contribution in [1.29, 1.82) is 0 Å². The molecule has 0 unspecified atom stereocenters. The number of aryl methyl sites for hydroxylation is 1. The number of carbonyl (C=O) groups is 1. The summed E-state index contributed by atoms with van der Waals surface area (Å²) in [5.41, 5.74) is 3.44. The largest absolute Gasteiger partial charge is 0.492 e. The molecular weight excluding hydrogens is 436 g/mol. The van der Waals surface area contributed by atoms with Crippen molar-refractivity contribution in [3.05, 3.63) is 94.5 Å². The van der Waals surface area contributed by atoms with Gasteiger partial charge in [0.25, 0.3) is 5.56 Å². The smallest absolute Gasteiger partial charge is 0.323 e. The molecule has 2 amide bonds. The molecule has 7 nitrogen and oxygen atoms in total. The van der Waals surface area contributed by atoms with Gasteiger partial charge in [-0.2, -0.15) is 0 Å². The Hall–Kier alpha value is -3.78. The molecule has 4 aromatic rings. The van der Waals surface area contributed by atoms with E-state index in [0.717, 1.165) is 10.5 Å². The Morgan fingerprint density at radius 1 is 1.03 bits per heavy atom. The van der Waals surface area contributed by atoms with Gasteiger partial charge in [0.1, 0.15) is 11.4 Å². The van der Waals surface area contributed by atoms with Gasteiger partial charge >= 0.3 is 6.03 Å². The zero-order valence-electron chi connectivity index (χ0n) is 18.4. The first kappa shape index (κ1) is 22.4. The summed E-state index contributed by atoms with van der Waals surface area (Å²) in [6, 6.07) is 19.8. The second-order valence-electron chi connectivity index (χ2n) is 7.31. The Morgan fingerprint density at radius 2 is 1.76 bits per heavy atom. The zero-order chi connectivity index (χ0) is 23.2. The topological polar surface area (TPSA) is 84.7 Å². The van der Waals surface area contributed by atoms with Crippen LogP contribution in [0, 0.1) is 6.92 Å². The number of benzene rings is 2. The lowest BCUT2D eigenvalue weighted by Crippen LogP contribution is -2.20. The van der Waals surface area contributed by atoms with Crippen molar-refractivity contribution in [2.45, 2.75) is 24.5 Å². The van der Waals surface area contributed by atoms with Gasteiger partial charge in [-0.25, -0.2) is 9.78 Å². The average Bonchev–Trinajstić information content (AvgIpc) is 2.80. The van der Waals surface area contributed by atoms with E-state index in [1.165, 1.54) is 11.8 Å². The first-order chi connectivity index (χ1) is 16.0. The quantitative estimate of drug-likeness (QED) is 0.364. The van der Waals surface area contributed by atoms with E-state index < -0.39 is 0 Å². The van der Waals surface area contributed by atoms with Crippen molar-refractivity contribution in [2.24, 2.45) is 0 Å². The second kappa shape index (κ2) is 10.2. The molecule has 168 valence electrons. The number of thioether (sulfide) groups is 1. The number of ether oxygens (including phenoxy) is 1. The second-order valence-corrected chi connectivity index (χ2v) is 8.33. The molecule has 0 fully saturated rings. The lowest BCUT2D eigenvalue weighted by Gasteiger charge is -2.14. The number of aromatic nitrogens is 2. The van der Waals surface area contributed by atoms with Crippen molar-refractivity contribution < 1.29 is 9.53 Å². The number of amides is 2. The van der Waals surface area contributed by atoms with E-state index in [2.05, 4.69) is 15.6 Å². The molecule has 0 spiro atoms. The fourth-order valence-corrected chi connectivity index (χ4v) is 4.21. The minimum atomic E-state index is -0.368. The summed E-state index contributed by atoms with van der Waals surface area (Å²) in [4.78, 5) is 30.6. The molecule has 0 aliphatic rings. The Kier molecular flexibility index (Phi) is 6.95. The van der Waals surface area contributed by atoms with Crippen molar-refractivity contribution >= 4 is 34.8 Å². The van der Waals surface area contributed by atoms with Crippen LogP contribution in [0.15, 0.2) is 82.6 Å². The van der Waals surface area contributed by atoms with Gasteiger partial charge in [-0.3, -0.25) is 9.20 Å². The number of anilines is 2. The Balaban J connectivity index is 1.47. The fraction of sp³-hybridized carbons (Fsp3) is 0.160. The number of hydrogen-bond donors (Lipinski definition) is 2. The molecule has 2 aromatic carbocycles. The number of para-hydroxylation sites is 3. The molecule has 2 aromatic heterocycles. The van der Waals surface area contributed by atoms with Gasteiger partial charge in [-0.05, 0) is 49.7 Å². The van der Waals surface area contributed by atoms with Gasteiger partial charge in [0.2, 0.25) is 0 Å². The van der Waals surface area contributed by atoms with E-state index in [1.54, 1.807) is 22.7 Å². The van der Waals surface area contributed by atoms with Crippen LogP contribution in [-0.2, 0) is 5.75 Å². The van der Waals surface area contributed by atoms with Crippen LogP contribution in [0.1, 0.15) is 18.2 Å². The van der Waals surface area contributed by atoms with Crippen LogP contribution in [0.2, 0.25) is 0 Å². The summed E-state index contributed by atoms with van der Waals surface area (Å²) in [5.74, 6) is 1.11. The van der Waals surface area contributed by atoms with Crippen LogP contribution in [0.4, 0.5) is 16.2 Å². The molecule has 0 aliphatic heterocycles. The number of hydrogen-bond acceptors (Lipinski definition) is 5. The normalized spacial score (nSPS) is 10.7. The van der Waals surface area contributed by atoms with E-state index in [4.69, 9.17) is 4.74 Å². The minimum absolute atomic E-state index is 0.113. The SMILES string of the molecule is CCOc1ccccc1NC(=O)Nc1ccccc1SCc1cc(=O)n2cc(C)ccc2n1. The van der Waals surface area contributed by atoms with Crippen molar-refractivity contribution in [3.8, 4) is 5.75 Å². The number of nitrogens with zero attached hydrogens (tertiary/aromatic N) is 2. The van der Waals surface area contributed by atoms with Gasteiger partial charge in [0.05, 0.1) is 23.7 Å². The maximum absolute atomic E-state index is 12.6. The van der Waals surface area contributed by atoms with Crippen LogP contribution in [0.5, 0.6) is 5.75 Å². The highest BCUT2D eigenvalue weighted by molar-refractivity contribution is 7.98. The van der Waals surface area contributed by atoms with Crippen molar-refractivity contribution in [2.75, 3.05) is 17.2 Å². The number of fused-ring (bicyclic) bond motifs is 1. The lowest BCUT2D eigenvalue weighted by atomic mass is 10.3. The predicted molar refractivity (Wildman–Crippen MR) is 132 cm³/mol. The van der Waals surface area contributed by atoms with Crippen LogP contribution >= 0.6 is 11.8 Å². The molecule has 33 heavy (non-hydrogen) atoms. The third-order valence-electron chi connectivity index (χ3n) is 4.81. The standard InChI is InChI=1S/C25H24N4O3S/c1-3-32-21-10-6-4-8-19(21)27-25(31)28-20-9-5-7-11-22(20)33-16-18-14-24(30)29-15-17(2)12-13-23(29)26-18/h4-15H,3,16H2,1-2H3,(H2,27,28,31). The first-order valence-electron chi connectivity index (χ1n) is 10.5. The number of rotatable bonds is 7. The molecule has 0 saturated carbocycles. The number of nitrogens with one attached hydrogen (secondary N) is 2. The molecule has 4 rings (SSSR count). The number of urea groups is 1. The highest BCUT2D eigenvalue weighted by atomic mass is 32.2. The Bertz CT molecular complexity index is 1350. The number of pyridine rings is 1. The molecule has 0 atom stereocenters. The summed E-state index contributed by atoms with van der Waals surface area (Å²) in [7, 11) is 0. The van der Waals surface area contributed by atoms with Gasteiger partial charge < -0.3 is 15.4 Å². The average molecular weight is 461 g/mol. The predicted octanol–water partition coefficient (Wildman–Crippen LogP) is 5.34. The maximum atomic E-state index is 12.6. The summed E-state index contributed by atoms with van der Waals surface area (Å²) in [6.07, 6.45) is 1.78. The van der Waals surface area contributed by atoms with Crippen LogP contribution in [-0.4, -0.2) is 22.0 Å². The number of carbonyl (C=O) groups excluding carboxylic acids is 1. The molecule has 8 heteroatoms. The van der Waals surface area contributed by atoms with E-state index in [-0.39, 0.29) is 11.6 Å². The van der Waals surface area contributed by atoms with E-state index in [0.29, 0.717) is 40.8 Å². The molecule has 0 aliphatic carbocycles. The van der Waals surface area contributed by atoms with Gasteiger partial charge in [-0.15, -0.1) is 11.8 Å². The van der Waals surface area contributed by atoms with Gasteiger partial charge in [0, 0.05) is 22.9 Å². The maximum Gasteiger partial charge on any atom is 0.323 e.